The number of hydrogen-bond acceptors (Lipinski definition) is 5. The van der Waals surface area contributed by atoms with Crippen LogP contribution < -0.4 is 5.32 Å². The SMILES string of the molecule is CCCCC/C=C\C/C=C\CCCCCCCC(=O)OCCCCCCCCCCC/C=C\C/C=C\CCCCCCCCCC(=O)NC(CO)C(O)CCCCCCCCCCCCCCCCCCCCC. The average Bonchev–Trinajstić information content (AvgIpc) is 3.40. The number of amides is 1. The minimum Gasteiger partial charge on any atom is -0.466 e. The van der Waals surface area contributed by atoms with Crippen LogP contribution in [0.4, 0.5) is 0 Å². The van der Waals surface area contributed by atoms with E-state index in [1.54, 1.807) is 0 Å². The van der Waals surface area contributed by atoms with E-state index < -0.39 is 12.1 Å². The molecule has 2 unspecified atom stereocenters. The lowest BCUT2D eigenvalue weighted by molar-refractivity contribution is -0.143. The number of esters is 1. The zero-order chi connectivity index (χ0) is 53.6. The summed E-state index contributed by atoms with van der Waals surface area (Å²) in [5.41, 5.74) is 0. The predicted molar refractivity (Wildman–Crippen MR) is 324 cm³/mol. The zero-order valence-corrected chi connectivity index (χ0v) is 49.6. The number of carbonyl (C=O) groups excluding carboxylic acids is 2. The Hall–Kier alpha value is -2.18. The summed E-state index contributed by atoms with van der Waals surface area (Å²) >= 11 is 0. The van der Waals surface area contributed by atoms with Gasteiger partial charge in [0, 0.05) is 12.8 Å². The average molecular weight is 1040 g/mol. The molecule has 6 heteroatoms. The number of aliphatic hydroxyl groups is 2. The van der Waals surface area contributed by atoms with E-state index >= 15 is 0 Å². The van der Waals surface area contributed by atoms with Crippen molar-refractivity contribution < 1.29 is 24.5 Å². The fourth-order valence-corrected chi connectivity index (χ4v) is 10.1. The summed E-state index contributed by atoms with van der Waals surface area (Å²) in [5, 5.41) is 23.4. The Morgan fingerprint density at radius 3 is 1.05 bits per heavy atom. The number of allylic oxidation sites excluding steroid dienone is 8. The van der Waals surface area contributed by atoms with Crippen molar-refractivity contribution >= 4 is 11.9 Å². The van der Waals surface area contributed by atoms with Gasteiger partial charge in [0.1, 0.15) is 0 Å². The molecule has 0 saturated carbocycles. The standard InChI is InChI=1S/C68H127NO5/c1-3-5-7-9-11-13-15-17-19-20-26-29-33-36-40-44-48-52-56-60-66(71)65(64-70)69-67(72)61-57-53-49-45-41-37-34-30-27-24-22-21-23-25-28-31-35-39-43-47-51-55-59-63-74-68(73)62-58-54-50-46-42-38-32-18-16-14-12-10-8-6-4-2/h12,14,18,21,23-24,27,32,65-66,70-71H,3-11,13,15-17,19-20,22,25-26,28-31,33-64H2,1-2H3,(H,69,72)/b14-12-,23-21-,27-24-,32-18-. The van der Waals surface area contributed by atoms with Crippen LogP contribution in [0.5, 0.6) is 0 Å². The highest BCUT2D eigenvalue weighted by atomic mass is 16.5. The van der Waals surface area contributed by atoms with Crippen LogP contribution in [-0.2, 0) is 14.3 Å². The molecule has 0 saturated heterocycles. The molecule has 0 bridgehead atoms. The third-order valence-electron chi connectivity index (χ3n) is 15.1. The monoisotopic (exact) mass is 1040 g/mol. The van der Waals surface area contributed by atoms with Gasteiger partial charge in [0.05, 0.1) is 25.4 Å². The number of aliphatic hydroxyl groups excluding tert-OH is 2. The Morgan fingerprint density at radius 2 is 0.676 bits per heavy atom. The normalized spacial score (nSPS) is 12.9. The molecule has 0 fully saturated rings. The molecule has 0 aliphatic rings. The lowest BCUT2D eigenvalue weighted by Crippen LogP contribution is -2.45. The topological polar surface area (TPSA) is 95.9 Å². The van der Waals surface area contributed by atoms with Gasteiger partial charge in [-0.1, -0.05) is 294 Å². The third kappa shape index (κ3) is 59.1. The molecule has 434 valence electrons. The third-order valence-corrected chi connectivity index (χ3v) is 15.1. The Kier molecular flexibility index (Phi) is 61.5. The van der Waals surface area contributed by atoms with Crippen molar-refractivity contribution in [3.05, 3.63) is 48.6 Å². The summed E-state index contributed by atoms with van der Waals surface area (Å²) in [6.07, 6.45) is 81.3. The first kappa shape index (κ1) is 71.8. The van der Waals surface area contributed by atoms with Crippen LogP contribution in [-0.4, -0.2) is 47.4 Å². The summed E-state index contributed by atoms with van der Waals surface area (Å²) < 4.78 is 5.47. The first-order valence-corrected chi connectivity index (χ1v) is 32.9. The molecule has 0 heterocycles. The first-order chi connectivity index (χ1) is 36.5. The molecule has 2 atom stereocenters. The second kappa shape index (κ2) is 63.4. The minimum absolute atomic E-state index is 0.00692. The predicted octanol–water partition coefficient (Wildman–Crippen LogP) is 20.9. The van der Waals surface area contributed by atoms with Gasteiger partial charge in [-0.05, 0) is 89.9 Å². The second-order valence-electron chi connectivity index (χ2n) is 22.4. The molecule has 0 rings (SSSR count). The number of nitrogens with one attached hydrogen (secondary N) is 1. The molecule has 0 aliphatic carbocycles. The quantitative estimate of drug-likeness (QED) is 0.0320. The van der Waals surface area contributed by atoms with E-state index in [2.05, 4.69) is 67.8 Å². The van der Waals surface area contributed by atoms with Crippen LogP contribution in [0.2, 0.25) is 0 Å². The molecule has 0 aromatic heterocycles. The van der Waals surface area contributed by atoms with E-state index in [9.17, 15) is 19.8 Å². The molecular weight excluding hydrogens is 911 g/mol. The maximum atomic E-state index is 12.5. The van der Waals surface area contributed by atoms with Gasteiger partial charge in [-0.3, -0.25) is 9.59 Å². The fraction of sp³-hybridized carbons (Fsp3) is 0.853. The maximum absolute atomic E-state index is 12.5. The van der Waals surface area contributed by atoms with E-state index in [4.69, 9.17) is 4.74 Å². The summed E-state index contributed by atoms with van der Waals surface area (Å²) in [4.78, 5) is 24.6. The Labute approximate surface area is 461 Å². The van der Waals surface area contributed by atoms with Crippen LogP contribution in [0.1, 0.15) is 348 Å². The van der Waals surface area contributed by atoms with E-state index in [1.807, 2.05) is 0 Å². The van der Waals surface area contributed by atoms with Gasteiger partial charge in [0.25, 0.3) is 0 Å². The van der Waals surface area contributed by atoms with Gasteiger partial charge in [-0.2, -0.15) is 0 Å². The fourth-order valence-electron chi connectivity index (χ4n) is 10.1. The number of ether oxygens (including phenoxy) is 1. The first-order valence-electron chi connectivity index (χ1n) is 32.9. The van der Waals surface area contributed by atoms with Crippen molar-refractivity contribution in [3.63, 3.8) is 0 Å². The lowest BCUT2D eigenvalue weighted by atomic mass is 10.0. The number of rotatable bonds is 61. The smallest absolute Gasteiger partial charge is 0.305 e. The Morgan fingerprint density at radius 1 is 0.378 bits per heavy atom. The van der Waals surface area contributed by atoms with Gasteiger partial charge in [0.15, 0.2) is 0 Å². The molecule has 1 amide bonds. The largest absolute Gasteiger partial charge is 0.466 e. The Bertz CT molecular complexity index is 1240. The van der Waals surface area contributed by atoms with Crippen molar-refractivity contribution in [1.82, 2.24) is 5.32 Å². The van der Waals surface area contributed by atoms with Crippen molar-refractivity contribution in [2.45, 2.75) is 360 Å². The summed E-state index contributed by atoms with van der Waals surface area (Å²) in [6, 6.07) is -0.551. The number of unbranched alkanes of at least 4 members (excludes halogenated alkanes) is 42. The van der Waals surface area contributed by atoms with E-state index in [0.29, 0.717) is 25.9 Å². The molecule has 74 heavy (non-hydrogen) atoms. The van der Waals surface area contributed by atoms with Crippen LogP contribution >= 0.6 is 0 Å². The molecule has 0 aromatic carbocycles. The summed E-state index contributed by atoms with van der Waals surface area (Å²) in [5.74, 6) is -0.0502. The number of hydrogen-bond donors (Lipinski definition) is 3. The van der Waals surface area contributed by atoms with Gasteiger partial charge < -0.3 is 20.3 Å². The van der Waals surface area contributed by atoms with Crippen LogP contribution in [0.3, 0.4) is 0 Å². The molecule has 6 nitrogen and oxygen atoms in total. The number of carbonyl (C=O) groups is 2. The minimum atomic E-state index is -0.673. The highest BCUT2D eigenvalue weighted by Gasteiger charge is 2.20. The van der Waals surface area contributed by atoms with E-state index in [-0.39, 0.29) is 18.5 Å². The van der Waals surface area contributed by atoms with Crippen LogP contribution in [0.25, 0.3) is 0 Å². The highest BCUT2D eigenvalue weighted by Crippen LogP contribution is 2.18. The van der Waals surface area contributed by atoms with Gasteiger partial charge in [-0.25, -0.2) is 0 Å². The van der Waals surface area contributed by atoms with Gasteiger partial charge in [0.2, 0.25) is 5.91 Å². The van der Waals surface area contributed by atoms with Crippen molar-refractivity contribution in [3.8, 4) is 0 Å². The Balaban J connectivity index is 3.46. The van der Waals surface area contributed by atoms with E-state index in [0.717, 1.165) is 64.2 Å². The summed E-state index contributed by atoms with van der Waals surface area (Å²) in [7, 11) is 0. The highest BCUT2D eigenvalue weighted by molar-refractivity contribution is 5.76. The van der Waals surface area contributed by atoms with Crippen LogP contribution in [0, 0.1) is 0 Å². The van der Waals surface area contributed by atoms with Gasteiger partial charge in [-0.15, -0.1) is 0 Å². The lowest BCUT2D eigenvalue weighted by Gasteiger charge is -2.22. The van der Waals surface area contributed by atoms with Crippen molar-refractivity contribution in [2.24, 2.45) is 0 Å². The van der Waals surface area contributed by atoms with Crippen molar-refractivity contribution in [1.29, 1.82) is 0 Å². The molecule has 0 spiro atoms. The van der Waals surface area contributed by atoms with Gasteiger partial charge >= 0.3 is 5.97 Å². The maximum Gasteiger partial charge on any atom is 0.305 e. The van der Waals surface area contributed by atoms with Crippen LogP contribution in [0.15, 0.2) is 48.6 Å². The molecule has 0 aromatic rings. The van der Waals surface area contributed by atoms with E-state index in [1.165, 1.54) is 250 Å². The zero-order valence-electron chi connectivity index (χ0n) is 49.6. The van der Waals surface area contributed by atoms with Crippen molar-refractivity contribution in [2.75, 3.05) is 13.2 Å². The molecule has 0 aliphatic heterocycles. The second-order valence-corrected chi connectivity index (χ2v) is 22.4. The summed E-state index contributed by atoms with van der Waals surface area (Å²) in [6.45, 7) is 4.93. The molecule has 0 radical (unpaired) electrons. The molecule has 3 N–H and O–H groups in total. The molecular formula is C68H127NO5.